The van der Waals surface area contributed by atoms with E-state index in [1.165, 1.54) is 19.0 Å². The number of hydrogen-bond donors (Lipinski definition) is 1. The van der Waals surface area contributed by atoms with Crippen molar-refractivity contribution in [1.82, 2.24) is 10.3 Å². The number of aromatic nitrogens is 1. The highest BCUT2D eigenvalue weighted by Gasteiger charge is 2.11. The van der Waals surface area contributed by atoms with Gasteiger partial charge in [0.25, 0.3) is 5.91 Å². The summed E-state index contributed by atoms with van der Waals surface area (Å²) in [7, 11) is 0. The second kappa shape index (κ2) is 8.39. The van der Waals surface area contributed by atoms with Crippen molar-refractivity contribution in [3.05, 3.63) is 28.0 Å². The third-order valence-corrected chi connectivity index (χ3v) is 3.84. The molecule has 0 spiro atoms. The molecule has 1 amide bonds. The number of unbranched alkanes of at least 4 members (excludes halogenated alkanes) is 1. The molecule has 0 aliphatic carbocycles. The number of nitrogens with one attached hydrogen (secondary N) is 1. The first-order chi connectivity index (χ1) is 9.08. The Labute approximate surface area is 124 Å². The summed E-state index contributed by atoms with van der Waals surface area (Å²) in [5.74, 6) is 0.376. The Morgan fingerprint density at radius 3 is 2.74 bits per heavy atom. The molecule has 1 unspecified atom stereocenters. The molecular formula is C14H20Cl2N2O. The second-order valence-electron chi connectivity index (χ2n) is 4.62. The average Bonchev–Trinajstić information content (AvgIpc) is 2.41. The molecular weight excluding hydrogens is 283 g/mol. The molecule has 0 bridgehead atoms. The zero-order chi connectivity index (χ0) is 14.3. The van der Waals surface area contributed by atoms with E-state index in [9.17, 15) is 4.79 Å². The molecule has 1 rings (SSSR count). The molecule has 1 heterocycles. The Balaban J connectivity index is 2.52. The van der Waals surface area contributed by atoms with Crippen LogP contribution in [0.1, 0.15) is 49.9 Å². The van der Waals surface area contributed by atoms with Crippen molar-refractivity contribution in [2.45, 2.75) is 39.5 Å². The van der Waals surface area contributed by atoms with E-state index in [2.05, 4.69) is 24.1 Å². The van der Waals surface area contributed by atoms with Crippen LogP contribution in [0.25, 0.3) is 0 Å². The third kappa shape index (κ3) is 5.37. The summed E-state index contributed by atoms with van der Waals surface area (Å²) in [5.41, 5.74) is 0.444. The van der Waals surface area contributed by atoms with Crippen LogP contribution in [0.15, 0.2) is 12.3 Å². The van der Waals surface area contributed by atoms with E-state index in [0.29, 0.717) is 23.0 Å². The van der Waals surface area contributed by atoms with Crippen molar-refractivity contribution in [2.24, 2.45) is 5.92 Å². The standard InChI is InChI=1S/C14H20Cl2N2O/c1-3-5-6-10(4-2)8-18-14(19)11-7-12(15)13(16)17-9-11/h7,9-10H,3-6,8H2,1-2H3,(H,18,19). The molecule has 0 aliphatic rings. The van der Waals surface area contributed by atoms with Gasteiger partial charge in [0.2, 0.25) is 0 Å². The number of pyridine rings is 1. The number of carbonyl (C=O) groups excluding carboxylic acids is 1. The molecule has 0 saturated carbocycles. The first kappa shape index (κ1) is 16.3. The zero-order valence-electron chi connectivity index (χ0n) is 11.4. The Kier molecular flexibility index (Phi) is 7.17. The lowest BCUT2D eigenvalue weighted by molar-refractivity contribution is 0.0945. The summed E-state index contributed by atoms with van der Waals surface area (Å²) in [6, 6.07) is 1.54. The molecule has 0 fully saturated rings. The van der Waals surface area contributed by atoms with Gasteiger partial charge in [-0.3, -0.25) is 4.79 Å². The fourth-order valence-corrected chi connectivity index (χ4v) is 2.10. The topological polar surface area (TPSA) is 42.0 Å². The quantitative estimate of drug-likeness (QED) is 0.762. The highest BCUT2D eigenvalue weighted by Crippen LogP contribution is 2.19. The molecule has 5 heteroatoms. The number of rotatable bonds is 7. The van der Waals surface area contributed by atoms with Gasteiger partial charge in [-0.05, 0) is 18.4 Å². The van der Waals surface area contributed by atoms with Crippen LogP contribution in [0.5, 0.6) is 0 Å². The van der Waals surface area contributed by atoms with E-state index in [-0.39, 0.29) is 11.1 Å². The first-order valence-electron chi connectivity index (χ1n) is 6.67. The molecule has 3 nitrogen and oxygen atoms in total. The van der Waals surface area contributed by atoms with Crippen LogP contribution in [0.3, 0.4) is 0 Å². The maximum atomic E-state index is 11.9. The van der Waals surface area contributed by atoms with Crippen molar-refractivity contribution in [3.8, 4) is 0 Å². The van der Waals surface area contributed by atoms with Gasteiger partial charge >= 0.3 is 0 Å². The highest BCUT2D eigenvalue weighted by molar-refractivity contribution is 6.41. The molecule has 1 atom stereocenters. The van der Waals surface area contributed by atoms with Gasteiger partial charge in [0, 0.05) is 12.7 Å². The van der Waals surface area contributed by atoms with Gasteiger partial charge in [0.15, 0.2) is 0 Å². The Morgan fingerprint density at radius 2 is 2.16 bits per heavy atom. The maximum absolute atomic E-state index is 11.9. The molecule has 1 aromatic rings. The van der Waals surface area contributed by atoms with E-state index in [1.807, 2.05) is 0 Å². The summed E-state index contributed by atoms with van der Waals surface area (Å²) in [4.78, 5) is 15.8. The summed E-state index contributed by atoms with van der Waals surface area (Å²) in [6.45, 7) is 5.01. The van der Waals surface area contributed by atoms with E-state index >= 15 is 0 Å². The normalized spacial score (nSPS) is 12.2. The lowest BCUT2D eigenvalue weighted by Gasteiger charge is -2.15. The van der Waals surface area contributed by atoms with Crippen LogP contribution in [0, 0.1) is 5.92 Å². The minimum absolute atomic E-state index is 0.152. The largest absolute Gasteiger partial charge is 0.352 e. The Hall–Kier alpha value is -0.800. The van der Waals surface area contributed by atoms with Crippen molar-refractivity contribution < 1.29 is 4.79 Å². The van der Waals surface area contributed by atoms with Crippen LogP contribution in [0.4, 0.5) is 0 Å². The molecule has 1 N–H and O–H groups in total. The predicted molar refractivity (Wildman–Crippen MR) is 79.9 cm³/mol. The van der Waals surface area contributed by atoms with Crippen LogP contribution < -0.4 is 5.32 Å². The van der Waals surface area contributed by atoms with Gasteiger partial charge in [-0.1, -0.05) is 56.3 Å². The maximum Gasteiger partial charge on any atom is 0.252 e. The Bertz CT molecular complexity index is 424. The highest BCUT2D eigenvalue weighted by atomic mass is 35.5. The molecule has 1 aromatic heterocycles. The van der Waals surface area contributed by atoms with E-state index in [1.54, 1.807) is 6.07 Å². The van der Waals surface area contributed by atoms with Gasteiger partial charge in [-0.25, -0.2) is 4.98 Å². The van der Waals surface area contributed by atoms with Gasteiger partial charge < -0.3 is 5.32 Å². The van der Waals surface area contributed by atoms with Crippen molar-refractivity contribution in [2.75, 3.05) is 6.54 Å². The summed E-state index contributed by atoms with van der Waals surface area (Å²) in [6.07, 6.45) is 6.03. The second-order valence-corrected chi connectivity index (χ2v) is 5.39. The number of nitrogens with zero attached hydrogens (tertiary/aromatic N) is 1. The van der Waals surface area contributed by atoms with E-state index in [4.69, 9.17) is 23.2 Å². The van der Waals surface area contributed by atoms with Gasteiger partial charge in [-0.15, -0.1) is 0 Å². The average molecular weight is 303 g/mol. The van der Waals surface area contributed by atoms with Crippen LogP contribution >= 0.6 is 23.2 Å². The molecule has 0 radical (unpaired) electrons. The number of halogens is 2. The zero-order valence-corrected chi connectivity index (χ0v) is 12.9. The van der Waals surface area contributed by atoms with Gasteiger partial charge in [0.05, 0.1) is 10.6 Å². The third-order valence-electron chi connectivity index (χ3n) is 3.15. The summed E-state index contributed by atoms with van der Waals surface area (Å²) in [5, 5.41) is 3.44. The van der Waals surface area contributed by atoms with Crippen molar-refractivity contribution in [3.63, 3.8) is 0 Å². The minimum atomic E-state index is -0.152. The minimum Gasteiger partial charge on any atom is -0.352 e. The van der Waals surface area contributed by atoms with Crippen LogP contribution in [-0.2, 0) is 0 Å². The fraction of sp³-hybridized carbons (Fsp3) is 0.571. The van der Waals surface area contributed by atoms with E-state index in [0.717, 1.165) is 12.8 Å². The summed E-state index contributed by atoms with van der Waals surface area (Å²) < 4.78 is 0. The summed E-state index contributed by atoms with van der Waals surface area (Å²) >= 11 is 11.6. The van der Waals surface area contributed by atoms with E-state index < -0.39 is 0 Å². The lowest BCUT2D eigenvalue weighted by Crippen LogP contribution is -2.29. The van der Waals surface area contributed by atoms with Crippen LogP contribution in [-0.4, -0.2) is 17.4 Å². The predicted octanol–water partition coefficient (Wildman–Crippen LogP) is 4.33. The lowest BCUT2D eigenvalue weighted by atomic mass is 9.99. The fourth-order valence-electron chi connectivity index (χ4n) is 1.83. The van der Waals surface area contributed by atoms with Crippen molar-refractivity contribution in [1.29, 1.82) is 0 Å². The van der Waals surface area contributed by atoms with Crippen molar-refractivity contribution >= 4 is 29.1 Å². The SMILES string of the molecule is CCCCC(CC)CNC(=O)c1cnc(Cl)c(Cl)c1. The van der Waals surface area contributed by atoms with Gasteiger partial charge in [0.1, 0.15) is 5.15 Å². The number of carbonyl (C=O) groups is 1. The molecule has 0 saturated heterocycles. The molecule has 106 valence electrons. The number of hydrogen-bond acceptors (Lipinski definition) is 2. The molecule has 19 heavy (non-hydrogen) atoms. The van der Waals surface area contributed by atoms with Gasteiger partial charge in [-0.2, -0.15) is 0 Å². The number of amides is 1. The monoisotopic (exact) mass is 302 g/mol. The molecule has 0 aromatic carbocycles. The van der Waals surface area contributed by atoms with Crippen LogP contribution in [0.2, 0.25) is 10.2 Å². The first-order valence-corrected chi connectivity index (χ1v) is 7.43. The smallest absolute Gasteiger partial charge is 0.252 e. The Morgan fingerprint density at radius 1 is 1.42 bits per heavy atom. The molecule has 0 aliphatic heterocycles.